The van der Waals surface area contributed by atoms with E-state index in [-0.39, 0.29) is 16.7 Å². The number of benzene rings is 2. The van der Waals surface area contributed by atoms with Crippen molar-refractivity contribution in [1.82, 2.24) is 5.06 Å². The molecule has 1 aliphatic rings. The van der Waals surface area contributed by atoms with E-state index in [1.54, 1.807) is 18.2 Å². The molecule has 0 unspecified atom stereocenters. The Hall–Kier alpha value is -3.48. The number of carbonyl (C=O) groups excluding carboxylic acids is 3. The van der Waals surface area contributed by atoms with Gasteiger partial charge in [-0.3, -0.25) is 9.59 Å². The van der Waals surface area contributed by atoms with Crippen molar-refractivity contribution in [1.29, 1.82) is 0 Å². The molecular weight excluding hydrogens is 317 g/mol. The molecule has 7 heteroatoms. The average Bonchev–Trinajstić information content (AvgIpc) is 3.12. The van der Waals surface area contributed by atoms with Crippen LogP contribution in [0, 0.1) is 5.82 Å². The van der Waals surface area contributed by atoms with Gasteiger partial charge in [0.05, 0.1) is 23.0 Å². The Kier molecular flexibility index (Phi) is 2.96. The molecule has 2 heterocycles. The fourth-order valence-electron chi connectivity index (χ4n) is 2.52. The fraction of sp³-hybridized carbons (Fsp3) is 0. The summed E-state index contributed by atoms with van der Waals surface area (Å²) in [6, 6.07) is 9.88. The van der Waals surface area contributed by atoms with Crippen molar-refractivity contribution in [3.63, 3.8) is 0 Å². The van der Waals surface area contributed by atoms with Gasteiger partial charge in [0.2, 0.25) is 0 Å². The number of hydrogen-bond donors (Lipinski definition) is 0. The van der Waals surface area contributed by atoms with Crippen molar-refractivity contribution in [2.45, 2.75) is 0 Å². The van der Waals surface area contributed by atoms with Crippen molar-refractivity contribution in [2.75, 3.05) is 0 Å². The first kappa shape index (κ1) is 14.1. The molecule has 0 N–H and O–H groups in total. The minimum atomic E-state index is -1.15. The van der Waals surface area contributed by atoms with Crippen LogP contribution < -0.4 is 0 Å². The van der Waals surface area contributed by atoms with Gasteiger partial charge in [0.15, 0.2) is 0 Å². The number of fused-ring (bicyclic) bond motifs is 2. The summed E-state index contributed by atoms with van der Waals surface area (Å²) in [6.45, 7) is 0. The molecule has 2 amide bonds. The molecule has 1 aliphatic heterocycles. The van der Waals surface area contributed by atoms with Gasteiger partial charge in [0, 0.05) is 11.5 Å². The molecule has 3 aromatic rings. The van der Waals surface area contributed by atoms with Crippen molar-refractivity contribution in [3.05, 3.63) is 71.2 Å². The van der Waals surface area contributed by atoms with Gasteiger partial charge in [-0.2, -0.15) is 0 Å². The molecule has 0 aliphatic carbocycles. The molecule has 0 atom stereocenters. The number of nitrogens with zero attached hydrogens (tertiary/aromatic N) is 1. The Labute approximate surface area is 134 Å². The Bertz CT molecular complexity index is 988. The van der Waals surface area contributed by atoms with E-state index in [1.165, 1.54) is 24.5 Å². The smallest absolute Gasteiger partial charge is 0.366 e. The molecule has 0 saturated heterocycles. The molecule has 118 valence electrons. The minimum absolute atomic E-state index is 0.126. The predicted molar refractivity (Wildman–Crippen MR) is 78.5 cm³/mol. The maximum Gasteiger partial charge on any atom is 0.366 e. The van der Waals surface area contributed by atoms with Crippen LogP contribution in [0.4, 0.5) is 4.39 Å². The number of rotatable bonds is 2. The van der Waals surface area contributed by atoms with Gasteiger partial charge in [-0.1, -0.05) is 17.2 Å². The molecule has 24 heavy (non-hydrogen) atoms. The van der Waals surface area contributed by atoms with Gasteiger partial charge < -0.3 is 9.25 Å². The number of carbonyl (C=O) groups is 3. The first-order valence-corrected chi connectivity index (χ1v) is 6.93. The molecule has 0 spiro atoms. The van der Waals surface area contributed by atoms with Crippen molar-refractivity contribution < 1.29 is 28.0 Å². The quantitative estimate of drug-likeness (QED) is 0.677. The highest BCUT2D eigenvalue weighted by atomic mass is 19.1. The lowest BCUT2D eigenvalue weighted by atomic mass is 10.1. The van der Waals surface area contributed by atoms with Crippen LogP contribution in [-0.4, -0.2) is 22.8 Å². The lowest BCUT2D eigenvalue weighted by Gasteiger charge is -2.13. The van der Waals surface area contributed by atoms with Crippen molar-refractivity contribution in [3.8, 4) is 0 Å². The number of halogens is 1. The third-order valence-corrected chi connectivity index (χ3v) is 3.69. The second-order valence-corrected chi connectivity index (χ2v) is 5.12. The maximum atomic E-state index is 14.0. The normalized spacial score (nSPS) is 13.5. The number of imide groups is 1. The summed E-state index contributed by atoms with van der Waals surface area (Å²) in [6.07, 6.45) is 1.35. The summed E-state index contributed by atoms with van der Waals surface area (Å²) in [4.78, 5) is 41.3. The van der Waals surface area contributed by atoms with Gasteiger partial charge in [-0.15, -0.1) is 0 Å². The Morgan fingerprint density at radius 2 is 1.71 bits per heavy atom. The lowest BCUT2D eigenvalue weighted by Crippen LogP contribution is -2.32. The molecule has 4 rings (SSSR count). The van der Waals surface area contributed by atoms with Gasteiger partial charge in [-0.25, -0.2) is 9.18 Å². The molecule has 0 fully saturated rings. The van der Waals surface area contributed by atoms with E-state index in [4.69, 9.17) is 9.25 Å². The van der Waals surface area contributed by atoms with Crippen molar-refractivity contribution in [2.24, 2.45) is 0 Å². The van der Waals surface area contributed by atoms with Gasteiger partial charge in [0.1, 0.15) is 11.4 Å². The number of hydrogen-bond acceptors (Lipinski definition) is 5. The highest BCUT2D eigenvalue weighted by Crippen LogP contribution is 2.25. The largest absolute Gasteiger partial charge is 0.464 e. The molecule has 0 radical (unpaired) electrons. The monoisotopic (exact) mass is 325 g/mol. The second kappa shape index (κ2) is 5.02. The van der Waals surface area contributed by atoms with Gasteiger partial charge in [0.25, 0.3) is 11.8 Å². The maximum absolute atomic E-state index is 14.0. The average molecular weight is 325 g/mol. The second-order valence-electron chi connectivity index (χ2n) is 5.12. The van der Waals surface area contributed by atoms with Crippen LogP contribution in [0.5, 0.6) is 0 Å². The van der Waals surface area contributed by atoms with E-state index >= 15 is 0 Å². The molecule has 6 nitrogen and oxygen atoms in total. The zero-order chi connectivity index (χ0) is 16.8. The molecule has 2 aromatic carbocycles. The number of amides is 2. The molecule has 0 saturated carbocycles. The van der Waals surface area contributed by atoms with Crippen LogP contribution in [0.2, 0.25) is 0 Å². The van der Waals surface area contributed by atoms with Crippen LogP contribution >= 0.6 is 0 Å². The minimum Gasteiger partial charge on any atom is -0.464 e. The van der Waals surface area contributed by atoms with Crippen LogP contribution in [0.25, 0.3) is 11.0 Å². The van der Waals surface area contributed by atoms with Crippen molar-refractivity contribution >= 4 is 28.8 Å². The topological polar surface area (TPSA) is 76.8 Å². The zero-order valence-electron chi connectivity index (χ0n) is 12.0. The van der Waals surface area contributed by atoms with E-state index < -0.39 is 29.2 Å². The summed E-state index contributed by atoms with van der Waals surface area (Å²) in [5.74, 6) is -3.56. The Morgan fingerprint density at radius 1 is 1.04 bits per heavy atom. The van der Waals surface area contributed by atoms with E-state index in [1.807, 2.05) is 0 Å². The molecule has 1 aromatic heterocycles. The molecular formula is C17H8FNO5. The van der Waals surface area contributed by atoms with Gasteiger partial charge >= 0.3 is 5.97 Å². The van der Waals surface area contributed by atoms with Crippen LogP contribution in [0.3, 0.4) is 0 Å². The highest BCUT2D eigenvalue weighted by molar-refractivity contribution is 6.21. The Balaban J connectivity index is 1.66. The van der Waals surface area contributed by atoms with Crippen LogP contribution in [0.1, 0.15) is 31.1 Å². The summed E-state index contributed by atoms with van der Waals surface area (Å²) in [5.41, 5.74) is 0.118. The first-order chi connectivity index (χ1) is 11.6. The third-order valence-electron chi connectivity index (χ3n) is 3.69. The van der Waals surface area contributed by atoms with Crippen LogP contribution in [-0.2, 0) is 4.84 Å². The third kappa shape index (κ3) is 1.98. The van der Waals surface area contributed by atoms with E-state index in [0.29, 0.717) is 10.4 Å². The zero-order valence-corrected chi connectivity index (χ0v) is 12.0. The standard InChI is InChI=1S/C17H8FNO5/c18-13-8-14-9(5-6-23-14)7-12(13)17(22)24-19-15(20)10-3-1-2-4-11(10)16(19)21/h1-8H. The fourth-order valence-corrected chi connectivity index (χ4v) is 2.52. The Morgan fingerprint density at radius 3 is 2.38 bits per heavy atom. The first-order valence-electron chi connectivity index (χ1n) is 6.93. The van der Waals surface area contributed by atoms with E-state index in [0.717, 1.165) is 6.07 Å². The number of hydroxylamine groups is 2. The summed E-state index contributed by atoms with van der Waals surface area (Å²) in [5, 5.41) is 0.831. The van der Waals surface area contributed by atoms with Gasteiger partial charge in [-0.05, 0) is 24.3 Å². The number of furan rings is 1. The lowest BCUT2D eigenvalue weighted by molar-refractivity contribution is -0.0587. The van der Waals surface area contributed by atoms with Crippen LogP contribution in [0.15, 0.2) is 53.1 Å². The van der Waals surface area contributed by atoms with E-state index in [9.17, 15) is 18.8 Å². The summed E-state index contributed by atoms with van der Waals surface area (Å²) in [7, 11) is 0. The predicted octanol–water partition coefficient (Wildman–Crippen LogP) is 2.94. The SMILES string of the molecule is O=C(ON1C(=O)c2ccccc2C1=O)c1cc2ccoc2cc1F. The summed E-state index contributed by atoms with van der Waals surface area (Å²) < 4.78 is 19.1. The van der Waals surface area contributed by atoms with E-state index in [2.05, 4.69) is 0 Å². The molecule has 0 bridgehead atoms. The summed E-state index contributed by atoms with van der Waals surface area (Å²) >= 11 is 0. The highest BCUT2D eigenvalue weighted by Gasteiger charge is 2.39.